The topological polar surface area (TPSA) is 101 Å². The van der Waals surface area contributed by atoms with Gasteiger partial charge < -0.3 is 5.32 Å². The molecule has 1 unspecified atom stereocenters. The second-order valence-corrected chi connectivity index (χ2v) is 8.73. The smallest absolute Gasteiger partial charge is 0.304 e. The van der Waals surface area contributed by atoms with Gasteiger partial charge in [-0.1, -0.05) is 11.3 Å². The number of anilines is 1. The maximum Gasteiger partial charge on any atom is 0.304 e. The van der Waals surface area contributed by atoms with E-state index in [1.54, 1.807) is 11.8 Å². The van der Waals surface area contributed by atoms with Crippen LogP contribution >= 0.6 is 23.1 Å². The van der Waals surface area contributed by atoms with Crippen molar-refractivity contribution in [2.75, 3.05) is 24.7 Å². The van der Waals surface area contributed by atoms with Gasteiger partial charge in [-0.2, -0.15) is 11.8 Å². The molecule has 0 saturated carbocycles. The largest absolute Gasteiger partial charge is 0.374 e. The van der Waals surface area contributed by atoms with Crippen molar-refractivity contribution >= 4 is 43.8 Å². The molecule has 1 aliphatic heterocycles. The Balaban J connectivity index is 2.14. The van der Waals surface area contributed by atoms with E-state index in [-0.39, 0.29) is 14.9 Å². The van der Waals surface area contributed by atoms with E-state index in [0.717, 1.165) is 36.0 Å². The number of hydrogen-bond donors (Lipinski definition) is 2. The molecule has 1 fully saturated rings. The Bertz CT molecular complexity index is 593. The first-order chi connectivity index (χ1) is 9.44. The van der Waals surface area contributed by atoms with Crippen molar-refractivity contribution in [2.45, 2.75) is 22.3 Å². The lowest BCUT2D eigenvalue weighted by Crippen LogP contribution is -2.29. The standard InChI is InChI=1S/C10H15N3O4S3/c1-11-10-8(13(14)15)5-9(19-10)20(16,17)12-6-7-3-2-4-18-7/h5,7,11-12H,2-4,6H2,1H3. The Morgan fingerprint density at radius 2 is 2.30 bits per heavy atom. The molecule has 1 aromatic rings. The molecule has 1 saturated heterocycles. The lowest BCUT2D eigenvalue weighted by molar-refractivity contribution is -0.383. The second-order valence-electron chi connectivity index (χ2n) is 4.27. The van der Waals surface area contributed by atoms with Crippen LogP contribution < -0.4 is 10.0 Å². The Morgan fingerprint density at radius 3 is 2.80 bits per heavy atom. The van der Waals surface area contributed by atoms with Gasteiger partial charge in [-0.05, 0) is 18.6 Å². The molecule has 0 aliphatic carbocycles. The number of nitro groups is 1. The third kappa shape index (κ3) is 3.43. The summed E-state index contributed by atoms with van der Waals surface area (Å²) in [6.07, 6.45) is 2.10. The van der Waals surface area contributed by atoms with Crippen LogP contribution in [-0.2, 0) is 10.0 Å². The van der Waals surface area contributed by atoms with Gasteiger partial charge in [0, 0.05) is 24.9 Å². The fourth-order valence-electron chi connectivity index (χ4n) is 1.89. The Hall–Kier alpha value is -0.840. The van der Waals surface area contributed by atoms with Crippen LogP contribution in [0, 0.1) is 10.1 Å². The van der Waals surface area contributed by atoms with Gasteiger partial charge in [0.05, 0.1) is 4.92 Å². The van der Waals surface area contributed by atoms with Crippen LogP contribution in [0.3, 0.4) is 0 Å². The summed E-state index contributed by atoms with van der Waals surface area (Å²) in [5.41, 5.74) is -0.215. The molecule has 10 heteroatoms. The number of hydrogen-bond acceptors (Lipinski definition) is 7. The maximum atomic E-state index is 12.1. The van der Waals surface area contributed by atoms with Crippen molar-refractivity contribution in [3.05, 3.63) is 16.2 Å². The molecule has 1 aliphatic rings. The summed E-state index contributed by atoms with van der Waals surface area (Å²) in [5.74, 6) is 1.06. The zero-order chi connectivity index (χ0) is 14.8. The highest BCUT2D eigenvalue weighted by Gasteiger charge is 2.26. The highest BCUT2D eigenvalue weighted by atomic mass is 32.2. The summed E-state index contributed by atoms with van der Waals surface area (Å²) >= 11 is 2.62. The fraction of sp³-hybridized carbons (Fsp3) is 0.600. The van der Waals surface area contributed by atoms with Gasteiger partial charge in [-0.3, -0.25) is 10.1 Å². The van der Waals surface area contributed by atoms with Gasteiger partial charge in [-0.15, -0.1) is 0 Å². The number of rotatable bonds is 6. The van der Waals surface area contributed by atoms with Gasteiger partial charge in [0.1, 0.15) is 4.21 Å². The van der Waals surface area contributed by atoms with Crippen molar-refractivity contribution in [1.82, 2.24) is 4.72 Å². The molecular weight excluding hydrogens is 322 g/mol. The molecule has 0 bridgehead atoms. The summed E-state index contributed by atoms with van der Waals surface area (Å²) in [6.45, 7) is 0.369. The van der Waals surface area contributed by atoms with E-state index >= 15 is 0 Å². The minimum Gasteiger partial charge on any atom is -0.374 e. The van der Waals surface area contributed by atoms with Crippen LogP contribution in [0.25, 0.3) is 0 Å². The molecule has 2 heterocycles. The van der Waals surface area contributed by atoms with Crippen LogP contribution in [0.15, 0.2) is 10.3 Å². The van der Waals surface area contributed by atoms with E-state index < -0.39 is 14.9 Å². The number of thiophene rings is 1. The number of nitrogens with one attached hydrogen (secondary N) is 2. The molecule has 1 atom stereocenters. The van der Waals surface area contributed by atoms with Crippen LogP contribution in [0.1, 0.15) is 12.8 Å². The lowest BCUT2D eigenvalue weighted by atomic mass is 10.2. The molecule has 2 N–H and O–H groups in total. The summed E-state index contributed by atoms with van der Waals surface area (Å²) in [4.78, 5) is 10.3. The number of nitrogens with zero attached hydrogens (tertiary/aromatic N) is 1. The molecule has 2 rings (SSSR count). The van der Waals surface area contributed by atoms with E-state index in [1.165, 1.54) is 7.05 Å². The number of thioether (sulfide) groups is 1. The maximum absolute atomic E-state index is 12.1. The van der Waals surface area contributed by atoms with Gasteiger partial charge in [-0.25, -0.2) is 13.1 Å². The van der Waals surface area contributed by atoms with Crippen molar-refractivity contribution in [3.63, 3.8) is 0 Å². The van der Waals surface area contributed by atoms with E-state index in [9.17, 15) is 18.5 Å². The first-order valence-electron chi connectivity index (χ1n) is 6.01. The summed E-state index contributed by atoms with van der Waals surface area (Å²) in [6, 6.07) is 1.10. The summed E-state index contributed by atoms with van der Waals surface area (Å²) in [7, 11) is -2.16. The Morgan fingerprint density at radius 1 is 1.55 bits per heavy atom. The third-order valence-electron chi connectivity index (χ3n) is 2.90. The zero-order valence-corrected chi connectivity index (χ0v) is 13.2. The normalized spacial score (nSPS) is 19.1. The van der Waals surface area contributed by atoms with Crippen LogP contribution in [0.4, 0.5) is 10.7 Å². The summed E-state index contributed by atoms with van der Waals surface area (Å²) < 4.78 is 26.8. The molecule has 7 nitrogen and oxygen atoms in total. The second kappa shape index (κ2) is 6.29. The predicted octanol–water partition coefficient (Wildman–Crippen LogP) is 1.87. The average molecular weight is 337 g/mol. The van der Waals surface area contributed by atoms with E-state index in [1.807, 2.05) is 0 Å². The van der Waals surface area contributed by atoms with Gasteiger partial charge in [0.25, 0.3) is 0 Å². The average Bonchev–Trinajstić information content (AvgIpc) is 3.05. The first kappa shape index (κ1) is 15.5. The monoisotopic (exact) mass is 337 g/mol. The van der Waals surface area contributed by atoms with E-state index in [0.29, 0.717) is 11.8 Å². The molecular formula is C10H15N3O4S3. The van der Waals surface area contributed by atoms with Crippen molar-refractivity contribution in [3.8, 4) is 0 Å². The molecule has 0 spiro atoms. The van der Waals surface area contributed by atoms with Gasteiger partial charge in [0.15, 0.2) is 5.00 Å². The highest BCUT2D eigenvalue weighted by Crippen LogP contribution is 2.36. The van der Waals surface area contributed by atoms with Gasteiger partial charge in [0.2, 0.25) is 10.0 Å². The van der Waals surface area contributed by atoms with Crippen LogP contribution in [0.5, 0.6) is 0 Å². The van der Waals surface area contributed by atoms with Crippen LogP contribution in [-0.4, -0.2) is 37.9 Å². The van der Waals surface area contributed by atoms with E-state index in [4.69, 9.17) is 0 Å². The lowest BCUT2D eigenvalue weighted by Gasteiger charge is -2.09. The SMILES string of the molecule is CNc1sc(S(=O)(=O)NCC2CCCS2)cc1[N+](=O)[O-]. The molecule has 0 aromatic carbocycles. The van der Waals surface area contributed by atoms with Crippen molar-refractivity contribution < 1.29 is 13.3 Å². The molecule has 1 aromatic heterocycles. The predicted molar refractivity (Wildman–Crippen MR) is 81.2 cm³/mol. The quantitative estimate of drug-likeness (QED) is 0.607. The summed E-state index contributed by atoms with van der Waals surface area (Å²) in [5, 5.41) is 14.0. The fourth-order valence-corrected chi connectivity index (χ4v) is 5.60. The highest BCUT2D eigenvalue weighted by molar-refractivity contribution is 8.00. The number of sulfonamides is 1. The third-order valence-corrected chi connectivity index (χ3v) is 7.34. The van der Waals surface area contributed by atoms with Crippen LogP contribution in [0.2, 0.25) is 0 Å². The zero-order valence-electron chi connectivity index (χ0n) is 10.8. The van der Waals surface area contributed by atoms with Gasteiger partial charge >= 0.3 is 5.69 Å². The molecule has 20 heavy (non-hydrogen) atoms. The molecule has 0 amide bonds. The minimum atomic E-state index is -3.68. The molecule has 0 radical (unpaired) electrons. The van der Waals surface area contributed by atoms with E-state index in [2.05, 4.69) is 10.0 Å². The van der Waals surface area contributed by atoms with Crippen molar-refractivity contribution in [1.29, 1.82) is 0 Å². The Kier molecular flexibility index (Phi) is 4.89. The first-order valence-corrected chi connectivity index (χ1v) is 9.36. The molecule has 112 valence electrons. The Labute approximate surface area is 125 Å². The minimum absolute atomic E-state index is 0.0310. The van der Waals surface area contributed by atoms with Crippen molar-refractivity contribution in [2.24, 2.45) is 0 Å².